The van der Waals surface area contributed by atoms with Crippen LogP contribution < -0.4 is 0 Å². The molecule has 0 saturated carbocycles. The van der Waals surface area contributed by atoms with Gasteiger partial charge in [-0.3, -0.25) is 4.79 Å². The molecule has 1 aromatic carbocycles. The van der Waals surface area contributed by atoms with Gasteiger partial charge in [-0.05, 0) is 37.1 Å². The highest BCUT2D eigenvalue weighted by Crippen LogP contribution is 2.48. The van der Waals surface area contributed by atoms with Gasteiger partial charge in [0.15, 0.2) is 14.9 Å². The topological polar surface area (TPSA) is 89.3 Å². The van der Waals surface area contributed by atoms with Crippen LogP contribution in [0.3, 0.4) is 0 Å². The zero-order valence-electron chi connectivity index (χ0n) is 15.8. The van der Waals surface area contributed by atoms with Crippen LogP contribution in [-0.2, 0) is 21.2 Å². The van der Waals surface area contributed by atoms with Crippen LogP contribution in [0.4, 0.5) is 0 Å². The standard InChI is InChI=1S/C20H19ClN2O4S2/c1-11-3-4-13(10-14(11)21)28-19-17-15(5-7-22-20(17)29(2,26)27)23-8-6-12(18(19)23)9-16(24)25/h3-5,7,10,12H,6,8-9H2,1-2H3,(H,24,25). The molecular formula is C20H19ClN2O4S2. The first kappa shape index (κ1) is 20.3. The highest BCUT2D eigenvalue weighted by molar-refractivity contribution is 7.99. The number of halogens is 1. The van der Waals surface area contributed by atoms with Gasteiger partial charge in [0.1, 0.15) is 0 Å². The van der Waals surface area contributed by atoms with Crippen LogP contribution in [0.25, 0.3) is 10.9 Å². The lowest BCUT2D eigenvalue weighted by atomic mass is 10.0. The summed E-state index contributed by atoms with van der Waals surface area (Å²) in [6.45, 7) is 2.56. The van der Waals surface area contributed by atoms with E-state index in [1.807, 2.05) is 29.7 Å². The first-order chi connectivity index (χ1) is 13.7. The third-order valence-corrected chi connectivity index (χ3v) is 7.69. The van der Waals surface area contributed by atoms with Crippen molar-refractivity contribution in [1.82, 2.24) is 9.55 Å². The van der Waals surface area contributed by atoms with Crippen molar-refractivity contribution >= 4 is 50.1 Å². The van der Waals surface area contributed by atoms with Crippen molar-refractivity contribution in [3.05, 3.63) is 46.7 Å². The van der Waals surface area contributed by atoms with Gasteiger partial charge in [0.25, 0.3) is 0 Å². The smallest absolute Gasteiger partial charge is 0.304 e. The molecule has 152 valence electrons. The average Bonchev–Trinajstić information content (AvgIpc) is 3.17. The van der Waals surface area contributed by atoms with E-state index < -0.39 is 15.8 Å². The molecule has 4 rings (SSSR count). The van der Waals surface area contributed by atoms with Crippen molar-refractivity contribution < 1.29 is 18.3 Å². The molecule has 0 radical (unpaired) electrons. The van der Waals surface area contributed by atoms with E-state index in [-0.39, 0.29) is 17.4 Å². The van der Waals surface area contributed by atoms with Crippen molar-refractivity contribution in [1.29, 1.82) is 0 Å². The number of aliphatic carboxylic acids is 1. The van der Waals surface area contributed by atoms with Gasteiger partial charge in [-0.2, -0.15) is 0 Å². The van der Waals surface area contributed by atoms with Crippen LogP contribution in [0.15, 0.2) is 45.3 Å². The predicted molar refractivity (Wildman–Crippen MR) is 113 cm³/mol. The Balaban J connectivity index is 1.99. The van der Waals surface area contributed by atoms with E-state index >= 15 is 0 Å². The molecular weight excluding hydrogens is 432 g/mol. The molecule has 0 bridgehead atoms. The molecule has 0 saturated heterocycles. The number of fused-ring (bicyclic) bond motifs is 3. The highest BCUT2D eigenvalue weighted by Gasteiger charge is 2.34. The molecule has 1 N–H and O–H groups in total. The number of carboxylic acid groups (broad SMARTS) is 1. The molecule has 9 heteroatoms. The summed E-state index contributed by atoms with van der Waals surface area (Å²) < 4.78 is 26.9. The lowest BCUT2D eigenvalue weighted by Crippen LogP contribution is -2.04. The lowest BCUT2D eigenvalue weighted by Gasteiger charge is -2.11. The molecule has 1 aliphatic rings. The summed E-state index contributed by atoms with van der Waals surface area (Å²) in [5, 5.41) is 10.6. The van der Waals surface area contributed by atoms with Crippen LogP contribution in [0.1, 0.15) is 30.0 Å². The third-order valence-electron chi connectivity index (χ3n) is 5.16. The van der Waals surface area contributed by atoms with Crippen LogP contribution in [0, 0.1) is 6.92 Å². The van der Waals surface area contributed by atoms with Crippen molar-refractivity contribution in [2.24, 2.45) is 0 Å². The summed E-state index contributed by atoms with van der Waals surface area (Å²) in [7, 11) is -3.57. The molecule has 1 aliphatic heterocycles. The first-order valence-corrected chi connectivity index (χ1v) is 12.1. The maximum Gasteiger partial charge on any atom is 0.304 e. The van der Waals surface area contributed by atoms with E-state index in [0.717, 1.165) is 32.8 Å². The predicted octanol–water partition coefficient (Wildman–Crippen LogP) is 4.51. The van der Waals surface area contributed by atoms with E-state index in [1.165, 1.54) is 18.0 Å². The first-order valence-electron chi connectivity index (χ1n) is 9.03. The molecule has 0 aliphatic carbocycles. The minimum atomic E-state index is -3.57. The molecule has 2 aromatic heterocycles. The zero-order valence-corrected chi connectivity index (χ0v) is 18.2. The third kappa shape index (κ3) is 3.65. The Labute approximate surface area is 177 Å². The maximum atomic E-state index is 12.4. The number of aromatic nitrogens is 2. The summed E-state index contributed by atoms with van der Waals surface area (Å²) in [6, 6.07) is 7.48. The number of pyridine rings is 1. The largest absolute Gasteiger partial charge is 0.481 e. The highest BCUT2D eigenvalue weighted by atomic mass is 35.5. The van der Waals surface area contributed by atoms with Crippen molar-refractivity contribution in [2.75, 3.05) is 6.26 Å². The number of benzene rings is 1. The van der Waals surface area contributed by atoms with Gasteiger partial charge in [0.2, 0.25) is 0 Å². The molecule has 3 heterocycles. The summed E-state index contributed by atoms with van der Waals surface area (Å²) in [4.78, 5) is 17.2. The summed E-state index contributed by atoms with van der Waals surface area (Å²) in [6.07, 6.45) is 3.34. The minimum Gasteiger partial charge on any atom is -0.481 e. The number of nitrogens with zero attached hydrogens (tertiary/aromatic N) is 2. The van der Waals surface area contributed by atoms with E-state index in [0.29, 0.717) is 23.4 Å². The second-order valence-electron chi connectivity index (χ2n) is 7.24. The summed E-state index contributed by atoms with van der Waals surface area (Å²) in [5.74, 6) is -1.06. The Morgan fingerprint density at radius 3 is 2.79 bits per heavy atom. The summed E-state index contributed by atoms with van der Waals surface area (Å²) >= 11 is 7.70. The SMILES string of the molecule is Cc1ccc(Sc2c3n(c4ccnc(S(C)(=O)=O)c24)CCC3CC(=O)O)cc1Cl. The van der Waals surface area contributed by atoms with E-state index in [9.17, 15) is 18.3 Å². The van der Waals surface area contributed by atoms with Gasteiger partial charge in [0, 0.05) is 45.4 Å². The molecule has 3 aromatic rings. The van der Waals surface area contributed by atoms with Crippen LogP contribution in [-0.4, -0.2) is 35.3 Å². The average molecular weight is 451 g/mol. The monoisotopic (exact) mass is 450 g/mol. The van der Waals surface area contributed by atoms with Gasteiger partial charge in [-0.25, -0.2) is 13.4 Å². The van der Waals surface area contributed by atoms with Gasteiger partial charge < -0.3 is 9.67 Å². The van der Waals surface area contributed by atoms with E-state index in [1.54, 1.807) is 6.07 Å². The summed E-state index contributed by atoms with van der Waals surface area (Å²) in [5.41, 5.74) is 2.58. The van der Waals surface area contributed by atoms with Crippen LogP contribution in [0.5, 0.6) is 0 Å². The van der Waals surface area contributed by atoms with Crippen molar-refractivity contribution in [3.63, 3.8) is 0 Å². The Bertz CT molecular complexity index is 1250. The number of sulfone groups is 1. The lowest BCUT2D eigenvalue weighted by molar-refractivity contribution is -0.137. The number of rotatable bonds is 5. The van der Waals surface area contributed by atoms with Crippen LogP contribution >= 0.6 is 23.4 Å². The molecule has 1 atom stereocenters. The maximum absolute atomic E-state index is 12.4. The molecule has 0 fully saturated rings. The second-order valence-corrected chi connectivity index (χ2v) is 10.7. The van der Waals surface area contributed by atoms with E-state index in [4.69, 9.17) is 11.6 Å². The van der Waals surface area contributed by atoms with Gasteiger partial charge in [0.05, 0.1) is 17.3 Å². The Hall–Kier alpha value is -2.03. The second kappa shape index (κ2) is 7.34. The molecule has 29 heavy (non-hydrogen) atoms. The minimum absolute atomic E-state index is 0.000171. The quantitative estimate of drug-likeness (QED) is 0.614. The van der Waals surface area contributed by atoms with Gasteiger partial charge >= 0.3 is 5.97 Å². The fourth-order valence-electron chi connectivity index (χ4n) is 3.87. The van der Waals surface area contributed by atoms with E-state index in [2.05, 4.69) is 4.98 Å². The Morgan fingerprint density at radius 1 is 1.38 bits per heavy atom. The van der Waals surface area contributed by atoms with Crippen LogP contribution in [0.2, 0.25) is 5.02 Å². The zero-order chi connectivity index (χ0) is 20.9. The number of carbonyl (C=O) groups is 1. The number of hydrogen-bond donors (Lipinski definition) is 1. The fraction of sp³-hybridized carbons (Fsp3) is 0.300. The number of carboxylic acids is 1. The molecule has 0 spiro atoms. The molecule has 1 unspecified atom stereocenters. The van der Waals surface area contributed by atoms with Crippen molar-refractivity contribution in [2.45, 2.75) is 47.0 Å². The van der Waals surface area contributed by atoms with Gasteiger partial charge in [-0.1, -0.05) is 29.4 Å². The number of aryl methyl sites for hydroxylation is 2. The normalized spacial score (nSPS) is 16.3. The van der Waals surface area contributed by atoms with Gasteiger partial charge in [-0.15, -0.1) is 0 Å². The fourth-order valence-corrected chi connectivity index (χ4v) is 6.24. The van der Waals surface area contributed by atoms with Crippen molar-refractivity contribution in [3.8, 4) is 0 Å². The Kier molecular flexibility index (Phi) is 5.13. The molecule has 6 nitrogen and oxygen atoms in total. The molecule has 0 amide bonds. The Morgan fingerprint density at radius 2 is 2.14 bits per heavy atom. The number of hydrogen-bond acceptors (Lipinski definition) is 5.